The highest BCUT2D eigenvalue weighted by Crippen LogP contribution is 2.33. The van der Waals surface area contributed by atoms with Crippen molar-refractivity contribution in [2.24, 2.45) is 0 Å². The first-order chi connectivity index (χ1) is 9.11. The van der Waals surface area contributed by atoms with Gasteiger partial charge in [-0.2, -0.15) is 0 Å². The van der Waals surface area contributed by atoms with E-state index in [4.69, 9.17) is 4.74 Å². The number of carbonyl (C=O) groups is 1. The SMILES string of the molecule is COc1cccc(CC(C)=O)c1-c1ccc(F)cc1. The fourth-order valence-corrected chi connectivity index (χ4v) is 2.11. The number of methoxy groups -OCH3 is 1. The van der Waals surface area contributed by atoms with Gasteiger partial charge in [-0.1, -0.05) is 24.3 Å². The molecule has 0 bridgehead atoms. The molecule has 98 valence electrons. The predicted molar refractivity (Wildman–Crippen MR) is 72.8 cm³/mol. The van der Waals surface area contributed by atoms with Gasteiger partial charge in [0.1, 0.15) is 17.3 Å². The van der Waals surface area contributed by atoms with E-state index in [0.717, 1.165) is 16.7 Å². The molecule has 2 rings (SSSR count). The summed E-state index contributed by atoms with van der Waals surface area (Å²) in [5, 5.41) is 0. The molecular weight excluding hydrogens is 243 g/mol. The van der Waals surface area contributed by atoms with E-state index in [1.165, 1.54) is 12.1 Å². The number of hydrogen-bond donors (Lipinski definition) is 0. The molecule has 0 N–H and O–H groups in total. The summed E-state index contributed by atoms with van der Waals surface area (Å²) < 4.78 is 18.4. The van der Waals surface area contributed by atoms with Gasteiger partial charge in [0.25, 0.3) is 0 Å². The lowest BCUT2D eigenvalue weighted by Crippen LogP contribution is -2.00. The second-order valence-electron chi connectivity index (χ2n) is 4.38. The van der Waals surface area contributed by atoms with Gasteiger partial charge in [-0.05, 0) is 36.2 Å². The average Bonchev–Trinajstić information content (AvgIpc) is 2.39. The van der Waals surface area contributed by atoms with Crippen LogP contribution in [0.15, 0.2) is 42.5 Å². The third-order valence-corrected chi connectivity index (χ3v) is 2.90. The second-order valence-corrected chi connectivity index (χ2v) is 4.38. The van der Waals surface area contributed by atoms with Crippen LogP contribution in [-0.4, -0.2) is 12.9 Å². The lowest BCUT2D eigenvalue weighted by atomic mass is 9.95. The van der Waals surface area contributed by atoms with Gasteiger partial charge in [-0.3, -0.25) is 4.79 Å². The van der Waals surface area contributed by atoms with Crippen molar-refractivity contribution in [3.8, 4) is 16.9 Å². The molecule has 0 aromatic heterocycles. The van der Waals surface area contributed by atoms with Crippen LogP contribution >= 0.6 is 0 Å². The van der Waals surface area contributed by atoms with E-state index in [2.05, 4.69) is 0 Å². The predicted octanol–water partition coefficient (Wildman–Crippen LogP) is 3.63. The maximum absolute atomic E-state index is 13.0. The average molecular weight is 258 g/mol. The van der Waals surface area contributed by atoms with Crippen LogP contribution in [0, 0.1) is 5.82 Å². The van der Waals surface area contributed by atoms with E-state index in [1.54, 1.807) is 26.2 Å². The van der Waals surface area contributed by atoms with Crippen LogP contribution in [0.2, 0.25) is 0 Å². The van der Waals surface area contributed by atoms with E-state index in [1.807, 2.05) is 18.2 Å². The number of benzene rings is 2. The van der Waals surface area contributed by atoms with Crippen LogP contribution in [0.1, 0.15) is 12.5 Å². The van der Waals surface area contributed by atoms with Gasteiger partial charge in [0.15, 0.2) is 0 Å². The number of halogens is 1. The lowest BCUT2D eigenvalue weighted by Gasteiger charge is -2.13. The molecule has 3 heteroatoms. The molecule has 0 spiro atoms. The molecule has 2 aromatic carbocycles. The molecule has 0 radical (unpaired) electrons. The zero-order valence-corrected chi connectivity index (χ0v) is 10.9. The van der Waals surface area contributed by atoms with E-state index < -0.39 is 0 Å². The molecule has 0 saturated carbocycles. The number of rotatable bonds is 4. The molecule has 2 nitrogen and oxygen atoms in total. The normalized spacial score (nSPS) is 10.3. The van der Waals surface area contributed by atoms with Crippen molar-refractivity contribution in [2.75, 3.05) is 7.11 Å². The molecule has 0 unspecified atom stereocenters. The third-order valence-electron chi connectivity index (χ3n) is 2.90. The lowest BCUT2D eigenvalue weighted by molar-refractivity contribution is -0.116. The van der Waals surface area contributed by atoms with Crippen molar-refractivity contribution in [1.82, 2.24) is 0 Å². The zero-order valence-electron chi connectivity index (χ0n) is 10.9. The molecule has 0 atom stereocenters. The van der Waals surface area contributed by atoms with Crippen molar-refractivity contribution in [3.05, 3.63) is 53.8 Å². The number of hydrogen-bond acceptors (Lipinski definition) is 2. The molecule has 2 aromatic rings. The maximum Gasteiger partial charge on any atom is 0.134 e. The number of ether oxygens (including phenoxy) is 1. The van der Waals surface area contributed by atoms with Gasteiger partial charge >= 0.3 is 0 Å². The standard InChI is InChI=1S/C16H15FO2/c1-11(18)10-13-4-3-5-15(19-2)16(13)12-6-8-14(17)9-7-12/h3-9H,10H2,1-2H3. The van der Waals surface area contributed by atoms with Gasteiger partial charge in [0.2, 0.25) is 0 Å². The molecule has 19 heavy (non-hydrogen) atoms. The zero-order chi connectivity index (χ0) is 13.8. The Morgan fingerprint density at radius 3 is 2.42 bits per heavy atom. The Morgan fingerprint density at radius 2 is 1.84 bits per heavy atom. The first kappa shape index (κ1) is 13.3. The Bertz CT molecular complexity index is 588. The van der Waals surface area contributed by atoms with Crippen LogP contribution in [0.4, 0.5) is 4.39 Å². The monoisotopic (exact) mass is 258 g/mol. The highest BCUT2D eigenvalue weighted by atomic mass is 19.1. The summed E-state index contributed by atoms with van der Waals surface area (Å²) in [7, 11) is 1.58. The van der Waals surface area contributed by atoms with Gasteiger partial charge < -0.3 is 4.74 Å². The highest BCUT2D eigenvalue weighted by Gasteiger charge is 2.12. The summed E-state index contributed by atoms with van der Waals surface area (Å²) in [6, 6.07) is 11.8. The summed E-state index contributed by atoms with van der Waals surface area (Å²) in [4.78, 5) is 11.3. The van der Waals surface area contributed by atoms with Crippen LogP contribution in [0.25, 0.3) is 11.1 Å². The van der Waals surface area contributed by atoms with Crippen molar-refractivity contribution in [2.45, 2.75) is 13.3 Å². The van der Waals surface area contributed by atoms with Crippen LogP contribution < -0.4 is 4.74 Å². The summed E-state index contributed by atoms with van der Waals surface area (Å²) in [5.41, 5.74) is 2.58. The number of carbonyl (C=O) groups excluding carboxylic acids is 1. The van der Waals surface area contributed by atoms with E-state index in [-0.39, 0.29) is 11.6 Å². The first-order valence-electron chi connectivity index (χ1n) is 6.03. The Balaban J connectivity index is 2.57. The van der Waals surface area contributed by atoms with Crippen LogP contribution in [0.3, 0.4) is 0 Å². The smallest absolute Gasteiger partial charge is 0.134 e. The molecule has 0 heterocycles. The summed E-state index contributed by atoms with van der Waals surface area (Å²) in [5.74, 6) is 0.480. The summed E-state index contributed by atoms with van der Waals surface area (Å²) >= 11 is 0. The quantitative estimate of drug-likeness (QED) is 0.837. The fourth-order valence-electron chi connectivity index (χ4n) is 2.11. The summed E-state index contributed by atoms with van der Waals surface area (Å²) in [6.45, 7) is 1.55. The minimum atomic E-state index is -0.285. The van der Waals surface area contributed by atoms with Crippen LogP contribution in [-0.2, 0) is 11.2 Å². The van der Waals surface area contributed by atoms with Gasteiger partial charge in [0.05, 0.1) is 7.11 Å². The molecule has 0 fully saturated rings. The van der Waals surface area contributed by atoms with E-state index >= 15 is 0 Å². The molecule has 0 aliphatic heterocycles. The topological polar surface area (TPSA) is 26.3 Å². The van der Waals surface area contributed by atoms with Crippen molar-refractivity contribution in [3.63, 3.8) is 0 Å². The number of ketones is 1. The van der Waals surface area contributed by atoms with Gasteiger partial charge in [-0.15, -0.1) is 0 Å². The Morgan fingerprint density at radius 1 is 1.16 bits per heavy atom. The highest BCUT2D eigenvalue weighted by molar-refractivity contribution is 5.83. The van der Waals surface area contributed by atoms with Crippen LogP contribution in [0.5, 0.6) is 5.75 Å². The molecule has 0 saturated heterocycles. The summed E-state index contributed by atoms with van der Waals surface area (Å²) in [6.07, 6.45) is 0.337. The molecular formula is C16H15FO2. The van der Waals surface area contributed by atoms with E-state index in [0.29, 0.717) is 12.2 Å². The van der Waals surface area contributed by atoms with Crippen molar-refractivity contribution in [1.29, 1.82) is 0 Å². The Kier molecular flexibility index (Phi) is 3.95. The van der Waals surface area contributed by atoms with E-state index in [9.17, 15) is 9.18 Å². The molecule has 0 aliphatic rings. The van der Waals surface area contributed by atoms with Gasteiger partial charge in [-0.25, -0.2) is 4.39 Å². The minimum absolute atomic E-state index is 0.0802. The Hall–Kier alpha value is -2.16. The van der Waals surface area contributed by atoms with Crippen molar-refractivity contribution >= 4 is 5.78 Å². The third kappa shape index (κ3) is 2.99. The number of Topliss-reactive ketones (excluding diaryl/α,β-unsaturated/α-hetero) is 1. The molecule has 0 aliphatic carbocycles. The van der Waals surface area contributed by atoms with Crippen molar-refractivity contribution < 1.29 is 13.9 Å². The Labute approximate surface area is 111 Å². The largest absolute Gasteiger partial charge is 0.496 e. The minimum Gasteiger partial charge on any atom is -0.496 e. The second kappa shape index (κ2) is 5.65. The molecule has 0 amide bonds. The maximum atomic E-state index is 13.0. The van der Waals surface area contributed by atoms with Gasteiger partial charge in [0, 0.05) is 12.0 Å². The first-order valence-corrected chi connectivity index (χ1v) is 6.03. The fraction of sp³-hybridized carbons (Fsp3) is 0.188.